The summed E-state index contributed by atoms with van der Waals surface area (Å²) >= 11 is 0. The van der Waals surface area contributed by atoms with Crippen LogP contribution in [0.1, 0.15) is 5.56 Å². The van der Waals surface area contributed by atoms with Crippen LogP contribution in [0.2, 0.25) is 0 Å². The highest BCUT2D eigenvalue weighted by molar-refractivity contribution is 8.13. The molecule has 2 aromatic heterocycles. The zero-order valence-corrected chi connectivity index (χ0v) is 29.4. The molecule has 0 saturated heterocycles. The van der Waals surface area contributed by atoms with Crippen LogP contribution in [0.5, 0.6) is 23.0 Å². The average Bonchev–Trinajstić information content (AvgIpc) is 3.11. The van der Waals surface area contributed by atoms with Gasteiger partial charge in [0.15, 0.2) is 9.84 Å². The molecule has 6 rings (SSSR count). The highest BCUT2D eigenvalue weighted by atomic mass is 35.7. The molecule has 0 bridgehead atoms. The van der Waals surface area contributed by atoms with E-state index in [1.807, 2.05) is 60.7 Å². The summed E-state index contributed by atoms with van der Waals surface area (Å²) in [7, 11) is 3.53. The molecule has 0 fully saturated rings. The molecule has 256 valence electrons. The number of para-hydroxylation sites is 2. The number of nitrogens with two attached hydrogens (primary N) is 1. The fraction of sp³-hybridized carbons (Fsp3) is 0.143. The van der Waals surface area contributed by atoms with Crippen molar-refractivity contribution in [2.45, 2.75) is 15.5 Å². The Kier molecular flexibility index (Phi) is 12.2. The Labute approximate surface area is 289 Å². The average molecular weight is 724 g/mol. The quantitative estimate of drug-likeness (QED) is 0.167. The molecule has 4 aromatic carbocycles. The highest BCUT2D eigenvalue weighted by Crippen LogP contribution is 2.32. The minimum atomic E-state index is -3.81. The predicted molar refractivity (Wildman–Crippen MR) is 191 cm³/mol. The van der Waals surface area contributed by atoms with E-state index in [-0.39, 0.29) is 21.3 Å². The lowest BCUT2D eigenvalue weighted by atomic mass is 10.2. The van der Waals surface area contributed by atoms with Crippen LogP contribution in [0.25, 0.3) is 21.8 Å². The molecule has 0 aliphatic rings. The number of methoxy groups -OCH3 is 4. The van der Waals surface area contributed by atoms with E-state index in [0.29, 0.717) is 28.5 Å². The third-order valence-electron chi connectivity index (χ3n) is 6.95. The summed E-state index contributed by atoms with van der Waals surface area (Å²) in [6.07, 6.45) is 3.26. The number of nitrogen functional groups attached to an aromatic ring is 1. The SMILES string of the molecule is COc1ccc(OC)c(S(=O)(=O)Cc2cnc3ccccc3c2)c1.COc1ccc(OC)c(S(=O)(=O)Cl)c1.Nc1cnc2ccccc2c1. The number of hydrogen-bond acceptors (Lipinski definition) is 11. The molecule has 2 N–H and O–H groups in total. The number of pyridine rings is 2. The number of ether oxygens (including phenoxy) is 4. The Balaban J connectivity index is 0.000000183. The van der Waals surface area contributed by atoms with E-state index in [4.69, 9.17) is 35.4 Å². The maximum absolute atomic E-state index is 12.8. The summed E-state index contributed by atoms with van der Waals surface area (Å²) < 4.78 is 67.9. The third kappa shape index (κ3) is 9.72. The zero-order valence-electron chi connectivity index (χ0n) is 27.0. The number of halogens is 1. The molecule has 0 aliphatic heterocycles. The van der Waals surface area contributed by atoms with E-state index in [1.165, 1.54) is 46.6 Å². The van der Waals surface area contributed by atoms with Crippen molar-refractivity contribution in [3.8, 4) is 23.0 Å². The normalized spacial score (nSPS) is 11.0. The number of nitrogens with zero attached hydrogens (tertiary/aromatic N) is 2. The standard InChI is InChI=1S/C18H17NO4S.C9H8N2.C8H9ClO4S/c1-22-15-7-8-17(23-2)18(10-15)24(20,21)12-13-9-14-5-3-4-6-16(14)19-11-13;10-8-5-7-3-1-2-4-9(7)11-6-8;1-12-6-3-4-7(13-2)8(5-6)14(9,10)11/h3-11H,12H2,1-2H3;1-6H,10H2;3-5H,1-2H3. The lowest BCUT2D eigenvalue weighted by Crippen LogP contribution is -2.07. The molecule has 0 saturated carbocycles. The van der Waals surface area contributed by atoms with E-state index in [9.17, 15) is 16.8 Å². The van der Waals surface area contributed by atoms with Gasteiger partial charge in [0.2, 0.25) is 0 Å². The van der Waals surface area contributed by atoms with Crippen molar-refractivity contribution in [1.82, 2.24) is 9.97 Å². The highest BCUT2D eigenvalue weighted by Gasteiger charge is 2.22. The Bertz CT molecular complexity index is 2290. The van der Waals surface area contributed by atoms with E-state index in [1.54, 1.807) is 30.6 Å². The van der Waals surface area contributed by atoms with Crippen molar-refractivity contribution in [3.63, 3.8) is 0 Å². The van der Waals surface area contributed by atoms with E-state index < -0.39 is 18.9 Å². The number of fused-ring (bicyclic) bond motifs is 2. The van der Waals surface area contributed by atoms with Gasteiger partial charge in [-0.15, -0.1) is 0 Å². The van der Waals surface area contributed by atoms with E-state index >= 15 is 0 Å². The molecule has 14 heteroatoms. The maximum Gasteiger partial charge on any atom is 0.265 e. The van der Waals surface area contributed by atoms with Gasteiger partial charge in [-0.3, -0.25) is 9.97 Å². The summed E-state index contributed by atoms with van der Waals surface area (Å²) in [5.74, 6) is 1.20. The smallest absolute Gasteiger partial charge is 0.265 e. The number of anilines is 1. The summed E-state index contributed by atoms with van der Waals surface area (Å²) in [6, 6.07) is 28.4. The number of hydrogen-bond donors (Lipinski definition) is 1. The van der Waals surface area contributed by atoms with Crippen molar-refractivity contribution in [3.05, 3.63) is 115 Å². The van der Waals surface area contributed by atoms with Gasteiger partial charge in [-0.1, -0.05) is 36.4 Å². The Morgan fingerprint density at radius 3 is 1.63 bits per heavy atom. The molecular weight excluding hydrogens is 690 g/mol. The minimum absolute atomic E-state index is 0.0963. The second kappa shape index (κ2) is 16.3. The van der Waals surface area contributed by atoms with E-state index in [0.717, 1.165) is 21.8 Å². The van der Waals surface area contributed by atoms with Crippen molar-refractivity contribution in [2.24, 2.45) is 0 Å². The van der Waals surface area contributed by atoms with Crippen LogP contribution in [-0.2, 0) is 24.6 Å². The third-order valence-corrected chi connectivity index (χ3v) is 10.0. The minimum Gasteiger partial charge on any atom is -0.497 e. The molecule has 2 heterocycles. The topological polar surface area (TPSA) is 157 Å². The van der Waals surface area contributed by atoms with Gasteiger partial charge >= 0.3 is 0 Å². The molecular formula is C35H34ClN3O8S2. The summed E-state index contributed by atoms with van der Waals surface area (Å²) in [4.78, 5) is 8.48. The molecule has 0 amide bonds. The Morgan fingerprint density at radius 1 is 0.612 bits per heavy atom. The number of benzene rings is 4. The first-order valence-electron chi connectivity index (χ1n) is 14.4. The molecule has 0 spiro atoms. The molecule has 0 unspecified atom stereocenters. The number of rotatable bonds is 8. The van der Waals surface area contributed by atoms with Crippen LogP contribution in [-0.4, -0.2) is 55.2 Å². The number of aromatic nitrogens is 2. The maximum atomic E-state index is 12.8. The molecule has 0 aliphatic carbocycles. The van der Waals surface area contributed by atoms with Gasteiger partial charge in [-0.2, -0.15) is 0 Å². The van der Waals surface area contributed by atoms with Crippen molar-refractivity contribution < 1.29 is 35.8 Å². The fourth-order valence-electron chi connectivity index (χ4n) is 4.58. The van der Waals surface area contributed by atoms with Crippen LogP contribution >= 0.6 is 10.7 Å². The molecule has 0 atom stereocenters. The molecule has 0 radical (unpaired) electrons. The van der Waals surface area contributed by atoms with Gasteiger partial charge < -0.3 is 24.7 Å². The van der Waals surface area contributed by atoms with Gasteiger partial charge in [0.25, 0.3) is 9.05 Å². The predicted octanol–water partition coefficient (Wildman–Crippen LogP) is 6.67. The van der Waals surface area contributed by atoms with Gasteiger partial charge in [-0.25, -0.2) is 16.8 Å². The fourth-order valence-corrected chi connectivity index (χ4v) is 7.10. The Morgan fingerprint density at radius 2 is 1.10 bits per heavy atom. The van der Waals surface area contributed by atoms with Crippen LogP contribution < -0.4 is 24.7 Å². The number of sulfone groups is 1. The van der Waals surface area contributed by atoms with Crippen LogP contribution in [0, 0.1) is 0 Å². The summed E-state index contributed by atoms with van der Waals surface area (Å²) in [6.45, 7) is 0. The monoisotopic (exact) mass is 723 g/mol. The second-order valence-corrected chi connectivity index (χ2v) is 14.7. The first-order valence-corrected chi connectivity index (χ1v) is 18.4. The molecule has 49 heavy (non-hydrogen) atoms. The molecule has 11 nitrogen and oxygen atoms in total. The van der Waals surface area contributed by atoms with Gasteiger partial charge in [0.05, 0.1) is 57.1 Å². The van der Waals surface area contributed by atoms with Gasteiger partial charge in [0, 0.05) is 39.8 Å². The van der Waals surface area contributed by atoms with Crippen LogP contribution in [0.15, 0.2) is 119 Å². The second-order valence-electron chi connectivity index (χ2n) is 10.2. The largest absolute Gasteiger partial charge is 0.497 e. The van der Waals surface area contributed by atoms with Gasteiger partial charge in [0.1, 0.15) is 32.8 Å². The van der Waals surface area contributed by atoms with Crippen LogP contribution in [0.4, 0.5) is 5.69 Å². The zero-order chi connectivity index (χ0) is 35.6. The van der Waals surface area contributed by atoms with Gasteiger partial charge in [-0.05, 0) is 54.1 Å². The van der Waals surface area contributed by atoms with Crippen LogP contribution in [0.3, 0.4) is 0 Å². The van der Waals surface area contributed by atoms with E-state index in [2.05, 4.69) is 9.97 Å². The van der Waals surface area contributed by atoms with Crippen molar-refractivity contribution in [2.75, 3.05) is 34.2 Å². The summed E-state index contributed by atoms with van der Waals surface area (Å²) in [5, 5.41) is 2.00. The summed E-state index contributed by atoms with van der Waals surface area (Å²) in [5.41, 5.74) is 8.72. The lowest BCUT2D eigenvalue weighted by Gasteiger charge is -2.11. The lowest BCUT2D eigenvalue weighted by molar-refractivity contribution is 0.392. The first-order chi connectivity index (χ1) is 23.4. The Hall–Kier alpha value is -5.11. The first kappa shape index (κ1) is 36.7. The van der Waals surface area contributed by atoms with Crippen molar-refractivity contribution in [1.29, 1.82) is 0 Å². The molecule has 6 aromatic rings. The van der Waals surface area contributed by atoms with Crippen molar-refractivity contribution >= 4 is 57.1 Å².